The Balaban J connectivity index is 1.67. The van der Waals surface area contributed by atoms with E-state index in [0.717, 1.165) is 16.4 Å². The lowest BCUT2D eigenvalue weighted by Crippen LogP contribution is -2.61. The summed E-state index contributed by atoms with van der Waals surface area (Å²) < 4.78 is 35.4. The molecule has 204 valence electrons. The molecule has 6 bridgehead atoms. The van der Waals surface area contributed by atoms with Crippen molar-refractivity contribution in [3.63, 3.8) is 0 Å². The highest BCUT2D eigenvalue weighted by molar-refractivity contribution is 7.47. The molecule has 2 fully saturated rings. The maximum absolute atomic E-state index is 13.1. The number of aliphatic hydroxyl groups excluding tert-OH is 2. The maximum atomic E-state index is 13.1. The Morgan fingerprint density at radius 2 is 1.97 bits per heavy atom. The number of ether oxygens (including phenoxy) is 2. The summed E-state index contributed by atoms with van der Waals surface area (Å²) in [5.41, 5.74) is -3.02. The first-order valence-electron chi connectivity index (χ1n) is 11.5. The van der Waals surface area contributed by atoms with Crippen molar-refractivity contribution in [3.8, 4) is 0 Å². The van der Waals surface area contributed by atoms with Crippen LogP contribution in [0.4, 0.5) is 4.79 Å². The van der Waals surface area contributed by atoms with Crippen LogP contribution in [0.5, 0.6) is 0 Å². The molecular formula is C20H26N4O12P-. The Bertz CT molecular complexity index is 1240. The third-order valence-corrected chi connectivity index (χ3v) is 7.96. The summed E-state index contributed by atoms with van der Waals surface area (Å²) >= 11 is 0. The van der Waals surface area contributed by atoms with Crippen molar-refractivity contribution in [3.05, 3.63) is 27.9 Å². The van der Waals surface area contributed by atoms with Crippen LogP contribution in [-0.4, -0.2) is 96.1 Å². The minimum Gasteiger partial charge on any atom is -0.860 e. The van der Waals surface area contributed by atoms with Crippen LogP contribution in [0.2, 0.25) is 0 Å². The van der Waals surface area contributed by atoms with E-state index in [1.807, 2.05) is 0 Å². The molecule has 16 nitrogen and oxygen atoms in total. The van der Waals surface area contributed by atoms with Crippen molar-refractivity contribution in [2.24, 2.45) is 4.99 Å². The number of aryl methyl sites for hydroxylation is 1. The molecule has 17 heteroatoms. The Morgan fingerprint density at radius 1 is 1.24 bits per heavy atom. The van der Waals surface area contributed by atoms with Crippen LogP contribution in [0.25, 0.3) is 0 Å². The van der Waals surface area contributed by atoms with Gasteiger partial charge in [-0.25, -0.2) is 19.1 Å². The van der Waals surface area contributed by atoms with Crippen LogP contribution in [-0.2, 0) is 23.1 Å². The van der Waals surface area contributed by atoms with Crippen molar-refractivity contribution in [2.45, 2.75) is 75.2 Å². The van der Waals surface area contributed by atoms with Gasteiger partial charge in [0.25, 0.3) is 0 Å². The van der Waals surface area contributed by atoms with Crippen LogP contribution in [0, 0.1) is 6.92 Å². The largest absolute Gasteiger partial charge is 0.860 e. The molecule has 0 spiro atoms. The summed E-state index contributed by atoms with van der Waals surface area (Å²) in [4.78, 5) is 44.6. The van der Waals surface area contributed by atoms with Gasteiger partial charge in [-0.3, -0.25) is 18.5 Å². The second kappa shape index (κ2) is 9.18. The standard InChI is InChI=1S/C20H27N4O12P/c1-8-5-23-13-3-9(26)12(35-13)7-33-37(31,32)36-10-4-14(34-11(10)6-25)24-16(15(8)21-18(23)28)20(2,30)17(27)22-19(24)29/h5,9-14,16,25-26,30H,3-4,6-7H2,1-2H3,(H,31,32)(H,22,27,29)/p-1/t9-,10?,11+,12?,13?,14?,16?,20-/m0/s1. The molecule has 9 atom stereocenters. The summed E-state index contributed by atoms with van der Waals surface area (Å²) in [6.45, 7) is 1.42. The number of hydrogen-bond donors (Lipinski definition) is 4. The zero-order valence-electron chi connectivity index (χ0n) is 19.7. The first kappa shape index (κ1) is 26.3. The van der Waals surface area contributed by atoms with Gasteiger partial charge in [0.1, 0.15) is 42.4 Å². The fraction of sp³-hybridized carbons (Fsp3) is 0.700. The van der Waals surface area contributed by atoms with E-state index in [0.29, 0.717) is 5.56 Å². The van der Waals surface area contributed by atoms with E-state index in [4.69, 9.17) is 18.5 Å². The third kappa shape index (κ3) is 4.51. The van der Waals surface area contributed by atoms with Crippen LogP contribution in [0.15, 0.2) is 16.0 Å². The van der Waals surface area contributed by atoms with Gasteiger partial charge < -0.3 is 34.8 Å². The minimum atomic E-state index is -4.79. The van der Waals surface area contributed by atoms with Gasteiger partial charge >= 0.3 is 19.5 Å². The molecule has 1 aromatic rings. The molecule has 37 heavy (non-hydrogen) atoms. The lowest BCUT2D eigenvalue weighted by Gasteiger charge is -2.47. The van der Waals surface area contributed by atoms with E-state index in [2.05, 4.69) is 9.98 Å². The van der Waals surface area contributed by atoms with Crippen LogP contribution in [0.3, 0.4) is 0 Å². The number of aromatic nitrogens is 2. The average molecular weight is 545 g/mol. The molecule has 5 aliphatic heterocycles. The smallest absolute Gasteiger partial charge is 0.472 e. The lowest BCUT2D eigenvalue weighted by molar-refractivity contribution is -0.246. The molecule has 6 heterocycles. The highest BCUT2D eigenvalue weighted by atomic mass is 31.2. The quantitative estimate of drug-likeness (QED) is 0.275. The Labute approximate surface area is 209 Å². The van der Waals surface area contributed by atoms with Gasteiger partial charge in [-0.15, -0.1) is 0 Å². The summed E-state index contributed by atoms with van der Waals surface area (Å²) in [5, 5.41) is 44.0. The predicted molar refractivity (Wildman–Crippen MR) is 117 cm³/mol. The Kier molecular flexibility index (Phi) is 6.54. The zero-order valence-corrected chi connectivity index (χ0v) is 20.6. The number of carbonyl (C=O) groups excluding carboxylic acids is 1. The first-order chi connectivity index (χ1) is 17.3. The van der Waals surface area contributed by atoms with Gasteiger partial charge in [-0.05, 0) is 19.4 Å². The number of nitrogens with zero attached hydrogens (tertiary/aromatic N) is 4. The molecule has 2 amide bonds. The number of phosphoric ester groups is 1. The highest BCUT2D eigenvalue weighted by Gasteiger charge is 2.53. The van der Waals surface area contributed by atoms with Gasteiger partial charge in [0.05, 0.1) is 25.0 Å². The van der Waals surface area contributed by atoms with E-state index >= 15 is 0 Å². The molecule has 5 aliphatic rings. The predicted octanol–water partition coefficient (Wildman–Crippen LogP) is -2.19. The van der Waals surface area contributed by atoms with E-state index in [-0.39, 0.29) is 18.5 Å². The summed E-state index contributed by atoms with van der Waals surface area (Å²) in [6, 6.07) is -2.66. The van der Waals surface area contributed by atoms with Gasteiger partial charge in [0, 0.05) is 24.9 Å². The second-order valence-electron chi connectivity index (χ2n) is 9.54. The number of urea groups is 1. The van der Waals surface area contributed by atoms with Crippen LogP contribution < -0.4 is 10.8 Å². The lowest BCUT2D eigenvalue weighted by atomic mass is 9.88. The summed E-state index contributed by atoms with van der Waals surface area (Å²) in [6.07, 6.45) is -6.05. The number of phosphoric acid groups is 1. The normalized spacial score (nSPS) is 42.1. The zero-order chi connectivity index (χ0) is 26.9. The van der Waals surface area contributed by atoms with Crippen molar-refractivity contribution >= 4 is 19.8 Å². The number of hydrogen-bond acceptors (Lipinski definition) is 12. The van der Waals surface area contributed by atoms with Crippen molar-refractivity contribution in [1.29, 1.82) is 0 Å². The second-order valence-corrected chi connectivity index (χ2v) is 10.9. The molecule has 0 saturated carbocycles. The molecule has 0 aromatic carbocycles. The molecule has 6 unspecified atom stereocenters. The average Bonchev–Trinajstić information content (AvgIpc) is 3.38. The maximum Gasteiger partial charge on any atom is 0.472 e. The number of fused-ring (bicyclic) bond motifs is 5. The van der Waals surface area contributed by atoms with Crippen molar-refractivity contribution in [1.82, 2.24) is 14.5 Å². The molecule has 2 saturated heterocycles. The molecule has 6 rings (SSSR count). The van der Waals surface area contributed by atoms with E-state index in [1.165, 1.54) is 6.20 Å². The topological polar surface area (TPSA) is 226 Å². The van der Waals surface area contributed by atoms with Gasteiger partial charge in [-0.2, -0.15) is 4.98 Å². The Morgan fingerprint density at radius 3 is 2.68 bits per heavy atom. The van der Waals surface area contributed by atoms with Gasteiger partial charge in [-0.1, -0.05) is 0 Å². The number of amides is 2. The fourth-order valence-corrected chi connectivity index (χ4v) is 6.02. The first-order valence-corrected chi connectivity index (χ1v) is 13.0. The van der Waals surface area contributed by atoms with E-state index in [1.54, 1.807) is 6.92 Å². The minimum absolute atomic E-state index is 0.0702. The highest BCUT2D eigenvalue weighted by Crippen LogP contribution is 2.49. The monoisotopic (exact) mass is 545 g/mol. The van der Waals surface area contributed by atoms with Crippen molar-refractivity contribution < 1.29 is 53.2 Å². The SMILES string of the molecule is Cc1cn2c(=O)nc1C1N(C(=O)N=C([O-])[C@@]1(C)O)C1CC(OP(=O)(O)OCC3OC2C[C@@H]3O)[C@@H](CO)O1. The molecule has 0 aliphatic carbocycles. The number of rotatable bonds is 1. The Hall–Kier alpha value is -2.27. The van der Waals surface area contributed by atoms with Gasteiger partial charge in [0.15, 0.2) is 0 Å². The number of carbonyl (C=O) groups is 1. The van der Waals surface area contributed by atoms with Crippen molar-refractivity contribution in [2.75, 3.05) is 13.2 Å². The molecule has 4 N–H and O–H groups in total. The van der Waals surface area contributed by atoms with Gasteiger partial charge in [0.2, 0.25) is 0 Å². The molecule has 0 radical (unpaired) electrons. The fourth-order valence-electron chi connectivity index (χ4n) is 5.06. The van der Waals surface area contributed by atoms with Crippen LogP contribution in [0.1, 0.15) is 43.3 Å². The van der Waals surface area contributed by atoms with Crippen LogP contribution >= 0.6 is 7.82 Å². The van der Waals surface area contributed by atoms with E-state index in [9.17, 15) is 39.5 Å². The number of aliphatic imine (C=N–C) groups is 1. The third-order valence-electron chi connectivity index (χ3n) is 6.95. The summed E-state index contributed by atoms with van der Waals surface area (Å²) in [7, 11) is -4.79. The molecular weight excluding hydrogens is 519 g/mol. The molecule has 1 aromatic heterocycles. The number of aliphatic hydroxyl groups is 3. The summed E-state index contributed by atoms with van der Waals surface area (Å²) in [5.74, 6) is -1.17. The van der Waals surface area contributed by atoms with E-state index < -0.39 is 87.2 Å².